The van der Waals surface area contributed by atoms with Gasteiger partial charge in [-0.2, -0.15) is 0 Å². The molecule has 0 atom stereocenters. The molecular weight excluding hydrogens is 260 g/mol. The van der Waals surface area contributed by atoms with Gasteiger partial charge < -0.3 is 10.2 Å². The minimum absolute atomic E-state index is 0.157. The molecule has 1 aromatic rings. The van der Waals surface area contributed by atoms with Gasteiger partial charge in [0, 0.05) is 17.5 Å². The molecule has 2 rings (SSSR count). The summed E-state index contributed by atoms with van der Waals surface area (Å²) in [5.74, 6) is 0.157. The maximum absolute atomic E-state index is 11.9. The molecule has 1 N–H and O–H groups in total. The number of rotatable bonds is 4. The minimum atomic E-state index is 0.157. The molecule has 1 aromatic carbocycles. The maximum Gasteiger partial charge on any atom is 0.220 e. The summed E-state index contributed by atoms with van der Waals surface area (Å²) in [5.41, 5.74) is 1.16. The van der Waals surface area contributed by atoms with Crippen LogP contribution in [-0.4, -0.2) is 37.0 Å². The Kier molecular flexibility index (Phi) is 5.23. The van der Waals surface area contributed by atoms with Crippen molar-refractivity contribution in [3.05, 3.63) is 34.9 Å². The Hall–Kier alpha value is -1.06. The molecule has 104 valence electrons. The number of carbonyl (C=O) groups excluding carboxylic acids is 1. The highest BCUT2D eigenvalue weighted by Crippen LogP contribution is 2.12. The zero-order chi connectivity index (χ0) is 13.7. The first kappa shape index (κ1) is 14.4. The second-order valence-corrected chi connectivity index (χ2v) is 5.71. The standard InChI is InChI=1S/C15H21ClN2O/c1-18-10-8-14(9-11-18)17-15(19)7-4-12-2-5-13(16)6-3-12/h2-3,5-6,14H,4,7-11H2,1H3,(H,17,19). The molecule has 0 spiro atoms. The highest BCUT2D eigenvalue weighted by molar-refractivity contribution is 6.30. The largest absolute Gasteiger partial charge is 0.353 e. The van der Waals surface area contributed by atoms with E-state index in [4.69, 9.17) is 11.6 Å². The van der Waals surface area contributed by atoms with Crippen LogP contribution in [0.15, 0.2) is 24.3 Å². The van der Waals surface area contributed by atoms with Crippen molar-refractivity contribution >= 4 is 17.5 Å². The molecule has 0 bridgehead atoms. The number of likely N-dealkylation sites (tertiary alicyclic amines) is 1. The monoisotopic (exact) mass is 280 g/mol. The number of hydrogen-bond acceptors (Lipinski definition) is 2. The van der Waals surface area contributed by atoms with Crippen LogP contribution in [0.4, 0.5) is 0 Å². The lowest BCUT2D eigenvalue weighted by Gasteiger charge is -2.29. The number of halogens is 1. The van der Waals surface area contributed by atoms with Crippen LogP contribution in [0.25, 0.3) is 0 Å². The van der Waals surface area contributed by atoms with E-state index in [2.05, 4.69) is 17.3 Å². The van der Waals surface area contributed by atoms with Crippen molar-refractivity contribution in [3.63, 3.8) is 0 Å². The fourth-order valence-corrected chi connectivity index (χ4v) is 2.49. The first-order valence-corrected chi connectivity index (χ1v) is 7.23. The average molecular weight is 281 g/mol. The maximum atomic E-state index is 11.9. The van der Waals surface area contributed by atoms with E-state index in [1.807, 2.05) is 24.3 Å². The van der Waals surface area contributed by atoms with Crippen LogP contribution in [0.3, 0.4) is 0 Å². The predicted octanol–water partition coefficient (Wildman–Crippen LogP) is 2.48. The van der Waals surface area contributed by atoms with Crippen LogP contribution in [0.2, 0.25) is 5.02 Å². The lowest BCUT2D eigenvalue weighted by Crippen LogP contribution is -2.43. The molecule has 1 saturated heterocycles. The Morgan fingerprint density at radius 1 is 1.32 bits per heavy atom. The van der Waals surface area contributed by atoms with Crippen LogP contribution in [-0.2, 0) is 11.2 Å². The van der Waals surface area contributed by atoms with E-state index in [1.165, 1.54) is 0 Å². The van der Waals surface area contributed by atoms with Crippen molar-refractivity contribution in [1.82, 2.24) is 10.2 Å². The molecule has 0 aliphatic carbocycles. The summed E-state index contributed by atoms with van der Waals surface area (Å²) >= 11 is 5.83. The van der Waals surface area contributed by atoms with Gasteiger partial charge in [-0.1, -0.05) is 23.7 Å². The molecule has 1 amide bonds. The summed E-state index contributed by atoms with van der Waals surface area (Å²) in [4.78, 5) is 14.2. The van der Waals surface area contributed by atoms with Crippen molar-refractivity contribution in [2.75, 3.05) is 20.1 Å². The zero-order valence-corrected chi connectivity index (χ0v) is 12.1. The summed E-state index contributed by atoms with van der Waals surface area (Å²) in [6.45, 7) is 2.14. The molecule has 0 saturated carbocycles. The van der Waals surface area contributed by atoms with Gasteiger partial charge in [-0.05, 0) is 57.1 Å². The highest BCUT2D eigenvalue weighted by atomic mass is 35.5. The van der Waals surface area contributed by atoms with Gasteiger partial charge >= 0.3 is 0 Å². The Morgan fingerprint density at radius 2 is 1.95 bits per heavy atom. The third kappa shape index (κ3) is 4.84. The number of benzene rings is 1. The summed E-state index contributed by atoms with van der Waals surface area (Å²) in [6.07, 6.45) is 3.44. The summed E-state index contributed by atoms with van der Waals surface area (Å²) in [5, 5.41) is 3.87. The molecule has 1 aliphatic rings. The zero-order valence-electron chi connectivity index (χ0n) is 11.4. The molecule has 1 fully saturated rings. The quantitative estimate of drug-likeness (QED) is 0.919. The van der Waals surface area contributed by atoms with E-state index < -0.39 is 0 Å². The fraction of sp³-hybridized carbons (Fsp3) is 0.533. The van der Waals surface area contributed by atoms with Gasteiger partial charge in [0.2, 0.25) is 5.91 Å². The van der Waals surface area contributed by atoms with Crippen molar-refractivity contribution < 1.29 is 4.79 Å². The van der Waals surface area contributed by atoms with E-state index in [9.17, 15) is 4.79 Å². The second-order valence-electron chi connectivity index (χ2n) is 5.27. The number of hydrogen-bond donors (Lipinski definition) is 1. The molecule has 0 aromatic heterocycles. The first-order valence-electron chi connectivity index (χ1n) is 6.86. The number of nitrogens with one attached hydrogen (secondary N) is 1. The van der Waals surface area contributed by atoms with Gasteiger partial charge in [0.1, 0.15) is 0 Å². The van der Waals surface area contributed by atoms with E-state index in [0.29, 0.717) is 12.5 Å². The molecule has 4 heteroatoms. The third-order valence-corrected chi connectivity index (χ3v) is 3.89. The first-order chi connectivity index (χ1) is 9.13. The van der Waals surface area contributed by atoms with Gasteiger partial charge in [0.15, 0.2) is 0 Å². The van der Waals surface area contributed by atoms with E-state index in [1.54, 1.807) is 0 Å². The molecule has 0 radical (unpaired) electrons. The van der Waals surface area contributed by atoms with Gasteiger partial charge in [0.25, 0.3) is 0 Å². The Morgan fingerprint density at radius 3 is 2.58 bits per heavy atom. The summed E-state index contributed by atoms with van der Waals surface area (Å²) in [6, 6.07) is 8.04. The second kappa shape index (κ2) is 6.92. The molecule has 19 heavy (non-hydrogen) atoms. The number of nitrogens with zero attached hydrogens (tertiary/aromatic N) is 1. The highest BCUT2D eigenvalue weighted by Gasteiger charge is 2.17. The Bertz CT molecular complexity index is 411. The molecular formula is C15H21ClN2O. The van der Waals surface area contributed by atoms with Crippen LogP contribution in [0.1, 0.15) is 24.8 Å². The van der Waals surface area contributed by atoms with Crippen LogP contribution in [0.5, 0.6) is 0 Å². The number of carbonyl (C=O) groups is 1. The van der Waals surface area contributed by atoms with Gasteiger partial charge in [-0.25, -0.2) is 0 Å². The summed E-state index contributed by atoms with van der Waals surface area (Å²) in [7, 11) is 2.12. The lowest BCUT2D eigenvalue weighted by molar-refractivity contribution is -0.122. The van der Waals surface area contributed by atoms with Crippen molar-refractivity contribution in [1.29, 1.82) is 0 Å². The number of piperidine rings is 1. The average Bonchev–Trinajstić information content (AvgIpc) is 2.41. The SMILES string of the molecule is CN1CCC(NC(=O)CCc2ccc(Cl)cc2)CC1. The van der Waals surface area contributed by atoms with Gasteiger partial charge in [0.05, 0.1) is 0 Å². The topological polar surface area (TPSA) is 32.3 Å². The molecule has 3 nitrogen and oxygen atoms in total. The number of amides is 1. The molecule has 0 unspecified atom stereocenters. The van der Waals surface area contributed by atoms with Crippen molar-refractivity contribution in [2.24, 2.45) is 0 Å². The van der Waals surface area contributed by atoms with Gasteiger partial charge in [-0.3, -0.25) is 4.79 Å². The van der Waals surface area contributed by atoms with E-state index >= 15 is 0 Å². The summed E-state index contributed by atoms with van der Waals surface area (Å²) < 4.78 is 0. The number of aryl methyl sites for hydroxylation is 1. The van der Waals surface area contributed by atoms with Crippen LogP contribution >= 0.6 is 11.6 Å². The Labute approximate surface area is 119 Å². The van der Waals surface area contributed by atoms with Crippen LogP contribution < -0.4 is 5.32 Å². The fourth-order valence-electron chi connectivity index (χ4n) is 2.36. The van der Waals surface area contributed by atoms with E-state index in [-0.39, 0.29) is 5.91 Å². The lowest BCUT2D eigenvalue weighted by atomic mass is 10.0. The minimum Gasteiger partial charge on any atom is -0.353 e. The smallest absolute Gasteiger partial charge is 0.220 e. The van der Waals surface area contributed by atoms with E-state index in [0.717, 1.165) is 42.9 Å². The Balaban J connectivity index is 1.71. The van der Waals surface area contributed by atoms with Gasteiger partial charge in [-0.15, -0.1) is 0 Å². The predicted molar refractivity (Wildman–Crippen MR) is 78.4 cm³/mol. The van der Waals surface area contributed by atoms with Crippen molar-refractivity contribution in [2.45, 2.75) is 31.7 Å². The van der Waals surface area contributed by atoms with Crippen molar-refractivity contribution in [3.8, 4) is 0 Å². The molecule has 1 aliphatic heterocycles. The third-order valence-electron chi connectivity index (χ3n) is 3.64. The van der Waals surface area contributed by atoms with Crippen LogP contribution in [0, 0.1) is 0 Å². The molecule has 1 heterocycles. The normalized spacial score (nSPS) is 17.4.